The van der Waals surface area contributed by atoms with Gasteiger partial charge in [-0.05, 0) is 42.8 Å². The highest BCUT2D eigenvalue weighted by Crippen LogP contribution is 2.17. The summed E-state index contributed by atoms with van der Waals surface area (Å²) in [5, 5.41) is 2.94. The van der Waals surface area contributed by atoms with Crippen molar-refractivity contribution in [2.75, 3.05) is 0 Å². The van der Waals surface area contributed by atoms with E-state index >= 15 is 0 Å². The topological polar surface area (TPSA) is 60.1 Å². The van der Waals surface area contributed by atoms with E-state index in [4.69, 9.17) is 4.42 Å². The van der Waals surface area contributed by atoms with Gasteiger partial charge in [-0.1, -0.05) is 12.1 Å². The van der Waals surface area contributed by atoms with Gasteiger partial charge in [0.1, 0.15) is 5.76 Å². The zero-order valence-corrected chi connectivity index (χ0v) is 12.7. The standard InChI is InChI=1S/C18H17N3O2/c1-14(20-18(22)8-7-17-6-3-11-23-17)15-4-2-5-16(12-15)21-10-9-19-13-21/h2-14H,1H3,(H,20,22)/b8-7+. The maximum Gasteiger partial charge on any atom is 0.244 e. The fraction of sp³-hybridized carbons (Fsp3) is 0.111. The van der Waals surface area contributed by atoms with Crippen molar-refractivity contribution in [3.8, 4) is 5.69 Å². The van der Waals surface area contributed by atoms with Crippen LogP contribution < -0.4 is 5.32 Å². The zero-order valence-electron chi connectivity index (χ0n) is 12.7. The van der Waals surface area contributed by atoms with Crippen molar-refractivity contribution in [2.24, 2.45) is 0 Å². The van der Waals surface area contributed by atoms with Crippen LogP contribution >= 0.6 is 0 Å². The van der Waals surface area contributed by atoms with E-state index in [-0.39, 0.29) is 11.9 Å². The van der Waals surface area contributed by atoms with Crippen molar-refractivity contribution >= 4 is 12.0 Å². The Labute approximate surface area is 134 Å². The van der Waals surface area contributed by atoms with Gasteiger partial charge in [0, 0.05) is 24.2 Å². The third kappa shape index (κ3) is 3.77. The lowest BCUT2D eigenvalue weighted by Crippen LogP contribution is -2.24. The Hall–Kier alpha value is -3.08. The second-order valence-corrected chi connectivity index (χ2v) is 5.14. The predicted octanol–water partition coefficient (Wildman–Crippen LogP) is 3.36. The first kappa shape index (κ1) is 14.8. The van der Waals surface area contributed by atoms with Gasteiger partial charge in [0.25, 0.3) is 0 Å². The van der Waals surface area contributed by atoms with Gasteiger partial charge in [0.2, 0.25) is 5.91 Å². The van der Waals surface area contributed by atoms with Gasteiger partial charge in [0.05, 0.1) is 18.6 Å². The fourth-order valence-electron chi connectivity index (χ4n) is 2.26. The van der Waals surface area contributed by atoms with Crippen LogP contribution in [0.4, 0.5) is 0 Å². The van der Waals surface area contributed by atoms with Crippen LogP contribution in [0.25, 0.3) is 11.8 Å². The van der Waals surface area contributed by atoms with Gasteiger partial charge in [-0.2, -0.15) is 0 Å². The number of carbonyl (C=O) groups excluding carboxylic acids is 1. The Morgan fingerprint density at radius 1 is 1.35 bits per heavy atom. The molecule has 5 heteroatoms. The molecule has 1 N–H and O–H groups in total. The van der Waals surface area contributed by atoms with Crippen molar-refractivity contribution in [3.63, 3.8) is 0 Å². The second-order valence-electron chi connectivity index (χ2n) is 5.14. The SMILES string of the molecule is CC(NC(=O)/C=C/c1ccco1)c1cccc(-n2ccnc2)c1. The Balaban J connectivity index is 1.67. The molecule has 1 amide bonds. The molecule has 3 aromatic rings. The van der Waals surface area contributed by atoms with Gasteiger partial charge in [-0.3, -0.25) is 4.79 Å². The van der Waals surface area contributed by atoms with E-state index in [9.17, 15) is 4.79 Å². The van der Waals surface area contributed by atoms with E-state index in [1.54, 1.807) is 37.0 Å². The first-order valence-electron chi connectivity index (χ1n) is 7.33. The highest BCUT2D eigenvalue weighted by atomic mass is 16.3. The second kappa shape index (κ2) is 6.79. The average Bonchev–Trinajstić information content (AvgIpc) is 3.26. The Kier molecular flexibility index (Phi) is 4.38. The van der Waals surface area contributed by atoms with Crippen LogP contribution in [0.1, 0.15) is 24.3 Å². The highest BCUT2D eigenvalue weighted by Gasteiger charge is 2.08. The highest BCUT2D eigenvalue weighted by molar-refractivity contribution is 5.91. The quantitative estimate of drug-likeness (QED) is 0.735. The molecule has 0 saturated carbocycles. The minimum absolute atomic E-state index is 0.104. The predicted molar refractivity (Wildman–Crippen MR) is 87.9 cm³/mol. The molecule has 23 heavy (non-hydrogen) atoms. The van der Waals surface area contributed by atoms with E-state index in [0.717, 1.165) is 11.3 Å². The number of furan rings is 1. The molecule has 1 unspecified atom stereocenters. The molecule has 0 radical (unpaired) electrons. The molecular formula is C18H17N3O2. The first-order valence-corrected chi connectivity index (χ1v) is 7.33. The summed E-state index contributed by atoms with van der Waals surface area (Å²) in [4.78, 5) is 16.0. The van der Waals surface area contributed by atoms with Gasteiger partial charge in [0.15, 0.2) is 0 Å². The number of rotatable bonds is 5. The zero-order chi connectivity index (χ0) is 16.1. The van der Waals surface area contributed by atoms with Crippen LogP contribution in [0.15, 0.2) is 71.9 Å². The number of imidazole rings is 1. The van der Waals surface area contributed by atoms with Gasteiger partial charge >= 0.3 is 0 Å². The van der Waals surface area contributed by atoms with Crippen LogP contribution in [0.2, 0.25) is 0 Å². The maximum atomic E-state index is 12.0. The van der Waals surface area contributed by atoms with E-state index < -0.39 is 0 Å². The van der Waals surface area contributed by atoms with Gasteiger partial charge in [-0.15, -0.1) is 0 Å². The van der Waals surface area contributed by atoms with Crippen LogP contribution in [-0.4, -0.2) is 15.5 Å². The first-order chi connectivity index (χ1) is 11.2. The molecule has 0 saturated heterocycles. The minimum Gasteiger partial charge on any atom is -0.465 e. The largest absolute Gasteiger partial charge is 0.465 e. The molecule has 0 aliphatic rings. The number of hydrogen-bond acceptors (Lipinski definition) is 3. The summed E-state index contributed by atoms with van der Waals surface area (Å²) in [6, 6.07) is 11.4. The molecule has 3 rings (SSSR count). The molecule has 2 heterocycles. The summed E-state index contributed by atoms with van der Waals surface area (Å²) >= 11 is 0. The number of aromatic nitrogens is 2. The molecule has 0 bridgehead atoms. The third-order valence-corrected chi connectivity index (χ3v) is 3.47. The van der Waals surface area contributed by atoms with E-state index in [1.807, 2.05) is 42.0 Å². The van der Waals surface area contributed by atoms with E-state index in [1.165, 1.54) is 6.08 Å². The molecule has 5 nitrogen and oxygen atoms in total. The summed E-state index contributed by atoms with van der Waals surface area (Å²) in [6.45, 7) is 1.95. The molecule has 1 atom stereocenters. The van der Waals surface area contributed by atoms with Crippen molar-refractivity contribution < 1.29 is 9.21 Å². The molecule has 2 aromatic heterocycles. The Morgan fingerprint density at radius 3 is 3.00 bits per heavy atom. The van der Waals surface area contributed by atoms with Crippen LogP contribution in [0, 0.1) is 0 Å². The summed E-state index contributed by atoms with van der Waals surface area (Å²) in [5.41, 5.74) is 2.03. The lowest BCUT2D eigenvalue weighted by Gasteiger charge is -2.14. The monoisotopic (exact) mass is 307 g/mol. The molecule has 0 fully saturated rings. The van der Waals surface area contributed by atoms with E-state index in [0.29, 0.717) is 5.76 Å². The van der Waals surface area contributed by atoms with Crippen LogP contribution in [0.3, 0.4) is 0 Å². The van der Waals surface area contributed by atoms with Crippen molar-refractivity contribution in [2.45, 2.75) is 13.0 Å². The van der Waals surface area contributed by atoms with Gasteiger partial charge in [-0.25, -0.2) is 4.98 Å². The summed E-state index contributed by atoms with van der Waals surface area (Å²) in [5.74, 6) is 0.483. The molecule has 1 aromatic carbocycles. The molecule has 0 spiro atoms. The van der Waals surface area contributed by atoms with Gasteiger partial charge < -0.3 is 14.3 Å². The minimum atomic E-state index is -0.165. The van der Waals surface area contributed by atoms with Crippen LogP contribution in [-0.2, 0) is 4.79 Å². The number of nitrogens with zero attached hydrogens (tertiary/aromatic N) is 2. The lowest BCUT2D eigenvalue weighted by atomic mass is 10.1. The number of benzene rings is 1. The van der Waals surface area contributed by atoms with Crippen LogP contribution in [0.5, 0.6) is 0 Å². The Bertz CT molecular complexity index is 790. The average molecular weight is 307 g/mol. The molecular weight excluding hydrogens is 290 g/mol. The molecule has 116 valence electrons. The third-order valence-electron chi connectivity index (χ3n) is 3.47. The van der Waals surface area contributed by atoms with Crippen molar-refractivity contribution in [3.05, 3.63) is 78.8 Å². The Morgan fingerprint density at radius 2 is 2.26 bits per heavy atom. The number of nitrogens with one attached hydrogen (secondary N) is 1. The maximum absolute atomic E-state index is 12.0. The summed E-state index contributed by atoms with van der Waals surface area (Å²) in [7, 11) is 0. The fourth-order valence-corrected chi connectivity index (χ4v) is 2.26. The lowest BCUT2D eigenvalue weighted by molar-refractivity contribution is -0.117. The molecule has 0 aliphatic carbocycles. The normalized spacial score (nSPS) is 12.4. The van der Waals surface area contributed by atoms with E-state index in [2.05, 4.69) is 10.3 Å². The number of amides is 1. The number of carbonyl (C=O) groups is 1. The summed E-state index contributed by atoms with van der Waals surface area (Å²) in [6.07, 6.45) is 10.0. The summed E-state index contributed by atoms with van der Waals surface area (Å²) < 4.78 is 7.08. The van der Waals surface area contributed by atoms with Crippen molar-refractivity contribution in [1.29, 1.82) is 0 Å². The van der Waals surface area contributed by atoms with Crippen molar-refractivity contribution in [1.82, 2.24) is 14.9 Å². The number of hydrogen-bond donors (Lipinski definition) is 1. The molecule has 0 aliphatic heterocycles. The smallest absolute Gasteiger partial charge is 0.244 e.